The molecule has 5 aromatic rings. The van der Waals surface area contributed by atoms with Crippen molar-refractivity contribution in [2.45, 2.75) is 69.9 Å². The van der Waals surface area contributed by atoms with Crippen LogP contribution in [0.15, 0.2) is 169 Å². The Hall–Kier alpha value is -5.60. The maximum Gasteiger partial charge on any atom is 0.0566 e. The lowest BCUT2D eigenvalue weighted by Crippen LogP contribution is -2.43. The first-order valence-corrected chi connectivity index (χ1v) is 20.1. The minimum atomic E-state index is -0.00483. The first-order chi connectivity index (χ1) is 26.5. The highest BCUT2D eigenvalue weighted by atomic mass is 15.2. The van der Waals surface area contributed by atoms with Gasteiger partial charge < -0.3 is 9.80 Å². The molecule has 54 heavy (non-hydrogen) atoms. The van der Waals surface area contributed by atoms with Gasteiger partial charge in [0.15, 0.2) is 0 Å². The van der Waals surface area contributed by atoms with Gasteiger partial charge in [0.2, 0.25) is 0 Å². The predicted octanol–water partition coefficient (Wildman–Crippen LogP) is 13.1. The van der Waals surface area contributed by atoms with Crippen LogP contribution in [0.5, 0.6) is 0 Å². The Morgan fingerprint density at radius 2 is 1.54 bits per heavy atom. The van der Waals surface area contributed by atoms with Gasteiger partial charge in [0, 0.05) is 45.2 Å². The van der Waals surface area contributed by atoms with Gasteiger partial charge in [-0.05, 0) is 112 Å². The van der Waals surface area contributed by atoms with Crippen molar-refractivity contribution >= 4 is 33.9 Å². The van der Waals surface area contributed by atoms with Crippen molar-refractivity contribution in [3.8, 4) is 11.1 Å². The van der Waals surface area contributed by atoms with Gasteiger partial charge >= 0.3 is 0 Å². The topological polar surface area (TPSA) is 6.48 Å². The van der Waals surface area contributed by atoms with Crippen molar-refractivity contribution in [1.29, 1.82) is 0 Å². The molecule has 2 heteroatoms. The summed E-state index contributed by atoms with van der Waals surface area (Å²) in [7, 11) is 0. The third-order valence-corrected chi connectivity index (χ3v) is 13.7. The molecule has 6 aliphatic rings. The van der Waals surface area contributed by atoms with Crippen molar-refractivity contribution in [1.82, 2.24) is 0 Å². The first-order valence-electron chi connectivity index (χ1n) is 20.1. The second-order valence-corrected chi connectivity index (χ2v) is 16.8. The molecular weight excluding hydrogens is 653 g/mol. The molecular formula is C52H46N2. The van der Waals surface area contributed by atoms with Crippen LogP contribution in [0.4, 0.5) is 22.7 Å². The summed E-state index contributed by atoms with van der Waals surface area (Å²) in [6.45, 7) is 4.98. The van der Waals surface area contributed by atoms with Crippen LogP contribution in [0.3, 0.4) is 0 Å². The fourth-order valence-electron chi connectivity index (χ4n) is 11.2. The van der Waals surface area contributed by atoms with Gasteiger partial charge in [-0.15, -0.1) is 0 Å². The van der Waals surface area contributed by atoms with E-state index in [2.05, 4.69) is 181 Å². The lowest BCUT2D eigenvalue weighted by atomic mass is 9.67. The maximum absolute atomic E-state index is 2.68. The number of nitrogens with zero attached hydrogens (tertiary/aromatic N) is 2. The normalized spacial score (nSPS) is 25.6. The van der Waals surface area contributed by atoms with Gasteiger partial charge in [0.25, 0.3) is 0 Å². The van der Waals surface area contributed by atoms with E-state index in [1.165, 1.54) is 104 Å². The van der Waals surface area contributed by atoms with E-state index < -0.39 is 0 Å². The summed E-state index contributed by atoms with van der Waals surface area (Å²) < 4.78 is 0. The van der Waals surface area contributed by atoms with Crippen LogP contribution in [0.2, 0.25) is 0 Å². The zero-order chi connectivity index (χ0) is 36.0. The lowest BCUT2D eigenvalue weighted by Gasteiger charge is -2.41. The Bertz CT molecular complexity index is 2500. The summed E-state index contributed by atoms with van der Waals surface area (Å²) in [5.41, 5.74) is 19.4. The van der Waals surface area contributed by atoms with E-state index in [1.54, 1.807) is 0 Å². The third-order valence-electron chi connectivity index (χ3n) is 13.7. The molecule has 0 spiro atoms. The Morgan fingerprint density at radius 1 is 0.741 bits per heavy atom. The molecule has 5 aromatic carbocycles. The van der Waals surface area contributed by atoms with E-state index in [0.717, 1.165) is 12.8 Å². The number of benzene rings is 5. The molecule has 1 fully saturated rings. The average Bonchev–Trinajstić information content (AvgIpc) is 3.68. The van der Waals surface area contributed by atoms with E-state index >= 15 is 0 Å². The first kappa shape index (κ1) is 31.9. The summed E-state index contributed by atoms with van der Waals surface area (Å²) in [6.07, 6.45) is 21.5. The van der Waals surface area contributed by atoms with E-state index in [4.69, 9.17) is 0 Å². The van der Waals surface area contributed by atoms with E-state index in [-0.39, 0.29) is 16.9 Å². The number of hydrogen-bond donors (Lipinski definition) is 0. The zero-order valence-corrected chi connectivity index (χ0v) is 31.3. The molecule has 0 saturated heterocycles. The minimum absolute atomic E-state index is 0.00483. The Kier molecular flexibility index (Phi) is 7.06. The summed E-state index contributed by atoms with van der Waals surface area (Å²) in [6, 6.07) is 46.2. The van der Waals surface area contributed by atoms with Crippen LogP contribution < -0.4 is 9.80 Å². The van der Waals surface area contributed by atoms with Crippen molar-refractivity contribution in [3.63, 3.8) is 0 Å². The molecule has 11 rings (SSSR count). The molecule has 0 amide bonds. The fraction of sp³-hybridized carbons (Fsp3) is 0.231. The minimum Gasteiger partial charge on any atom is -0.337 e. The molecule has 4 unspecified atom stereocenters. The van der Waals surface area contributed by atoms with Crippen LogP contribution in [0.1, 0.15) is 68.2 Å². The Labute approximate surface area is 320 Å². The van der Waals surface area contributed by atoms with Gasteiger partial charge in [-0.1, -0.05) is 148 Å². The Balaban J connectivity index is 1.12. The monoisotopic (exact) mass is 698 g/mol. The molecule has 1 saturated carbocycles. The SMILES string of the molecule is CC12C=CC=CC1=C1C3=CC(N(c4ccc5c(c4)C4(C)CCCCC4N5c4ccccc4)c4ccccc4-c4ccccc4)CC=C3c3cccc(c31)C2. The molecule has 2 nitrogen and oxygen atoms in total. The van der Waals surface area contributed by atoms with Gasteiger partial charge in [-0.25, -0.2) is 0 Å². The van der Waals surface area contributed by atoms with Crippen LogP contribution in [0, 0.1) is 5.41 Å². The highest BCUT2D eigenvalue weighted by Crippen LogP contribution is 2.59. The van der Waals surface area contributed by atoms with Crippen molar-refractivity contribution in [2.24, 2.45) is 5.41 Å². The molecule has 5 aliphatic carbocycles. The standard InChI is InChI=1S/C52H46N2/c1-51-30-13-11-23-44(51)50-43-32-38(26-28-41(43)42-22-15-18-36(34-51)49(42)50)53(46-24-10-9-21-40(46)35-16-5-3-6-17-35)39-27-29-47-45(33-39)52(2)31-14-12-25-48(52)54(47)37-19-7-4-8-20-37/h3-11,13,15-24,27-30,32-33,38,48H,12,14,25-26,31,34H2,1-2H3. The maximum atomic E-state index is 2.68. The number of fused-ring (bicyclic) bond motifs is 7. The van der Waals surface area contributed by atoms with Crippen LogP contribution >= 0.6 is 0 Å². The third kappa shape index (κ3) is 4.59. The summed E-state index contributed by atoms with van der Waals surface area (Å²) in [5, 5.41) is 0. The van der Waals surface area contributed by atoms with Gasteiger partial charge in [-0.2, -0.15) is 0 Å². The molecule has 0 radical (unpaired) electrons. The van der Waals surface area contributed by atoms with E-state index in [9.17, 15) is 0 Å². The van der Waals surface area contributed by atoms with Crippen molar-refractivity contribution < 1.29 is 0 Å². The number of hydrogen-bond acceptors (Lipinski definition) is 2. The van der Waals surface area contributed by atoms with E-state index in [1.807, 2.05) is 0 Å². The van der Waals surface area contributed by atoms with Crippen LogP contribution in [-0.4, -0.2) is 12.1 Å². The summed E-state index contributed by atoms with van der Waals surface area (Å²) in [5.74, 6) is 0. The molecule has 0 bridgehead atoms. The zero-order valence-electron chi connectivity index (χ0n) is 31.3. The largest absolute Gasteiger partial charge is 0.337 e. The summed E-state index contributed by atoms with van der Waals surface area (Å²) in [4.78, 5) is 5.36. The molecule has 1 aliphatic heterocycles. The smallest absolute Gasteiger partial charge is 0.0566 e. The number of anilines is 4. The molecule has 0 aromatic heterocycles. The fourth-order valence-corrected chi connectivity index (χ4v) is 11.2. The molecule has 1 heterocycles. The molecule has 264 valence electrons. The predicted molar refractivity (Wildman–Crippen MR) is 227 cm³/mol. The average molecular weight is 699 g/mol. The van der Waals surface area contributed by atoms with Crippen molar-refractivity contribution in [3.05, 3.63) is 191 Å². The van der Waals surface area contributed by atoms with Crippen LogP contribution in [-0.2, 0) is 11.8 Å². The van der Waals surface area contributed by atoms with Crippen molar-refractivity contribution in [2.75, 3.05) is 9.80 Å². The number of allylic oxidation sites excluding steroid dienone is 8. The quantitative estimate of drug-likeness (QED) is 0.180. The molecule has 0 N–H and O–H groups in total. The Morgan fingerprint density at radius 3 is 2.41 bits per heavy atom. The molecule has 4 atom stereocenters. The van der Waals surface area contributed by atoms with E-state index in [0.29, 0.717) is 6.04 Å². The summed E-state index contributed by atoms with van der Waals surface area (Å²) >= 11 is 0. The van der Waals surface area contributed by atoms with Gasteiger partial charge in [0.1, 0.15) is 0 Å². The van der Waals surface area contributed by atoms with Crippen LogP contribution in [0.25, 0.3) is 22.3 Å². The number of rotatable bonds is 5. The number of para-hydroxylation sites is 2. The lowest BCUT2D eigenvalue weighted by molar-refractivity contribution is 0.290. The highest BCUT2D eigenvalue weighted by Gasteiger charge is 2.50. The second-order valence-electron chi connectivity index (χ2n) is 16.8. The second kappa shape index (κ2) is 12.0. The highest BCUT2D eigenvalue weighted by molar-refractivity contribution is 6.12. The van der Waals surface area contributed by atoms with Gasteiger partial charge in [0.05, 0.1) is 6.04 Å². The van der Waals surface area contributed by atoms with Gasteiger partial charge in [-0.3, -0.25) is 0 Å².